The van der Waals surface area contributed by atoms with Crippen molar-refractivity contribution in [3.05, 3.63) is 0 Å². The molecule has 2 N–H and O–H groups in total. The Morgan fingerprint density at radius 2 is 1.79 bits per heavy atom. The Morgan fingerprint density at radius 3 is 2.29 bits per heavy atom. The van der Waals surface area contributed by atoms with Gasteiger partial charge in [0.2, 0.25) is 5.91 Å². The van der Waals surface area contributed by atoms with Crippen molar-refractivity contribution in [1.29, 1.82) is 0 Å². The van der Waals surface area contributed by atoms with E-state index in [0.29, 0.717) is 6.54 Å². The zero-order valence-electron chi connectivity index (χ0n) is 15.9. The summed E-state index contributed by atoms with van der Waals surface area (Å²) in [6, 6.07) is -0.648. The van der Waals surface area contributed by atoms with Gasteiger partial charge in [-0.2, -0.15) is 0 Å². The summed E-state index contributed by atoms with van der Waals surface area (Å²) in [5.74, 6) is -0.214. The third-order valence-corrected chi connectivity index (χ3v) is 4.31. The van der Waals surface area contributed by atoms with E-state index in [9.17, 15) is 9.59 Å². The van der Waals surface area contributed by atoms with Gasteiger partial charge in [0.15, 0.2) is 0 Å². The number of nitrogens with one attached hydrogen (secondary N) is 2. The molecule has 7 nitrogen and oxygen atoms in total. The molecule has 7 heteroatoms. The van der Waals surface area contributed by atoms with Crippen LogP contribution in [0.4, 0.5) is 4.79 Å². The molecule has 1 fully saturated rings. The predicted molar refractivity (Wildman–Crippen MR) is 92.9 cm³/mol. The monoisotopic (exact) mass is 343 g/mol. The van der Waals surface area contributed by atoms with Crippen LogP contribution in [0.25, 0.3) is 0 Å². The van der Waals surface area contributed by atoms with E-state index in [1.54, 1.807) is 27.7 Å². The van der Waals surface area contributed by atoms with Gasteiger partial charge in [-0.15, -0.1) is 0 Å². The fraction of sp³-hybridized carbons (Fsp3) is 0.882. The van der Waals surface area contributed by atoms with E-state index >= 15 is 0 Å². The van der Waals surface area contributed by atoms with E-state index in [2.05, 4.69) is 29.4 Å². The molecule has 0 radical (unpaired) electrons. The molecular formula is C17H33N3O4. The van der Waals surface area contributed by atoms with E-state index in [1.807, 2.05) is 0 Å². The van der Waals surface area contributed by atoms with Gasteiger partial charge >= 0.3 is 6.09 Å². The van der Waals surface area contributed by atoms with Crippen molar-refractivity contribution < 1.29 is 19.1 Å². The van der Waals surface area contributed by atoms with Crippen molar-refractivity contribution in [1.82, 2.24) is 15.5 Å². The molecular weight excluding hydrogens is 310 g/mol. The first kappa shape index (κ1) is 20.7. The number of carbonyl (C=O) groups is 2. The highest BCUT2D eigenvalue weighted by Crippen LogP contribution is 2.20. The second-order valence-electron chi connectivity index (χ2n) is 7.54. The summed E-state index contributed by atoms with van der Waals surface area (Å²) in [7, 11) is 0. The van der Waals surface area contributed by atoms with Crippen LogP contribution in [0.15, 0.2) is 0 Å². The van der Waals surface area contributed by atoms with Gasteiger partial charge in [0.1, 0.15) is 11.6 Å². The Kier molecular flexibility index (Phi) is 7.48. The van der Waals surface area contributed by atoms with Crippen LogP contribution in [-0.4, -0.2) is 66.9 Å². The summed E-state index contributed by atoms with van der Waals surface area (Å²) in [6.45, 7) is 15.0. The number of hydrogen-bond donors (Lipinski definition) is 2. The summed E-state index contributed by atoms with van der Waals surface area (Å²) in [5.41, 5.74) is -0.706. The maximum atomic E-state index is 12.3. The molecule has 2 atom stereocenters. The number of rotatable bonds is 6. The van der Waals surface area contributed by atoms with E-state index in [1.165, 1.54) is 0 Å². The lowest BCUT2D eigenvalue weighted by molar-refractivity contribution is -0.123. The average Bonchev–Trinajstić information content (AvgIpc) is 2.51. The molecule has 1 rings (SSSR count). The molecule has 0 bridgehead atoms. The van der Waals surface area contributed by atoms with Gasteiger partial charge in [-0.1, -0.05) is 6.92 Å². The highest BCUT2D eigenvalue weighted by molar-refractivity contribution is 5.85. The lowest BCUT2D eigenvalue weighted by atomic mass is 9.95. The standard InChI is InChI=1S/C17H33N3O4/c1-7-17(6,20-8-10-23-11-9-20)12-18-14(21)13(2)19-15(22)24-16(3,4)5/h13H,7-12H2,1-6H3,(H,18,21)(H,19,22)/t13-,17?/m0/s1. The van der Waals surface area contributed by atoms with Crippen LogP contribution in [0.2, 0.25) is 0 Å². The van der Waals surface area contributed by atoms with Crippen LogP contribution in [0.5, 0.6) is 0 Å². The number of nitrogens with zero attached hydrogens (tertiary/aromatic N) is 1. The van der Waals surface area contributed by atoms with Crippen LogP contribution in [-0.2, 0) is 14.3 Å². The minimum absolute atomic E-state index is 0.120. The van der Waals surface area contributed by atoms with Gasteiger partial charge in [-0.05, 0) is 41.0 Å². The second-order valence-corrected chi connectivity index (χ2v) is 7.54. The zero-order chi connectivity index (χ0) is 18.4. The first-order valence-electron chi connectivity index (χ1n) is 8.67. The second kappa shape index (κ2) is 8.67. The fourth-order valence-corrected chi connectivity index (χ4v) is 2.54. The minimum atomic E-state index is -0.648. The SMILES string of the molecule is CCC(C)(CNC(=O)[C@H](C)NC(=O)OC(C)(C)C)N1CCOCC1. The summed E-state index contributed by atoms with van der Waals surface area (Å²) < 4.78 is 10.6. The molecule has 1 saturated heterocycles. The van der Waals surface area contributed by atoms with Crippen molar-refractivity contribution in [2.24, 2.45) is 0 Å². The number of hydrogen-bond acceptors (Lipinski definition) is 5. The lowest BCUT2D eigenvalue weighted by Gasteiger charge is -2.43. The molecule has 1 unspecified atom stereocenters. The quantitative estimate of drug-likeness (QED) is 0.764. The third kappa shape index (κ3) is 6.65. The van der Waals surface area contributed by atoms with Gasteiger partial charge in [-0.3, -0.25) is 9.69 Å². The maximum Gasteiger partial charge on any atom is 0.408 e. The van der Waals surface area contributed by atoms with Crippen molar-refractivity contribution in [2.45, 2.75) is 65.1 Å². The first-order valence-corrected chi connectivity index (χ1v) is 8.67. The Morgan fingerprint density at radius 1 is 1.21 bits per heavy atom. The van der Waals surface area contributed by atoms with Gasteiger partial charge in [-0.25, -0.2) is 4.79 Å². The van der Waals surface area contributed by atoms with Crippen molar-refractivity contribution in [3.63, 3.8) is 0 Å². The zero-order valence-corrected chi connectivity index (χ0v) is 15.9. The van der Waals surface area contributed by atoms with Gasteiger partial charge in [0, 0.05) is 25.2 Å². The van der Waals surface area contributed by atoms with Crippen molar-refractivity contribution in [3.8, 4) is 0 Å². The average molecular weight is 343 g/mol. The normalized spacial score (nSPS) is 19.9. The molecule has 0 spiro atoms. The molecule has 0 aromatic heterocycles. The highest BCUT2D eigenvalue weighted by Gasteiger charge is 2.32. The molecule has 2 amide bonds. The van der Waals surface area contributed by atoms with Crippen LogP contribution in [0.1, 0.15) is 48.0 Å². The Balaban J connectivity index is 2.49. The van der Waals surface area contributed by atoms with Crippen molar-refractivity contribution in [2.75, 3.05) is 32.8 Å². The van der Waals surface area contributed by atoms with Crippen LogP contribution < -0.4 is 10.6 Å². The van der Waals surface area contributed by atoms with Gasteiger partial charge in [0.05, 0.1) is 13.2 Å². The Bertz CT molecular complexity index is 430. The Hall–Kier alpha value is -1.34. The molecule has 140 valence electrons. The summed E-state index contributed by atoms with van der Waals surface area (Å²) in [4.78, 5) is 26.4. The third-order valence-electron chi connectivity index (χ3n) is 4.31. The van der Waals surface area contributed by atoms with E-state index in [-0.39, 0.29) is 11.4 Å². The molecule has 0 saturated carbocycles. The topological polar surface area (TPSA) is 79.9 Å². The van der Waals surface area contributed by atoms with E-state index in [4.69, 9.17) is 9.47 Å². The van der Waals surface area contributed by atoms with Gasteiger partial charge in [0.25, 0.3) is 0 Å². The fourth-order valence-electron chi connectivity index (χ4n) is 2.54. The van der Waals surface area contributed by atoms with Crippen LogP contribution in [0, 0.1) is 0 Å². The summed E-state index contributed by atoms with van der Waals surface area (Å²) in [6.07, 6.45) is 0.331. The molecule has 0 aliphatic carbocycles. The summed E-state index contributed by atoms with van der Waals surface area (Å²) in [5, 5.41) is 5.51. The number of amides is 2. The molecule has 0 aromatic carbocycles. The molecule has 1 aliphatic rings. The van der Waals surface area contributed by atoms with Gasteiger partial charge < -0.3 is 20.1 Å². The van der Waals surface area contributed by atoms with Crippen molar-refractivity contribution >= 4 is 12.0 Å². The predicted octanol–water partition coefficient (Wildman–Crippen LogP) is 1.52. The minimum Gasteiger partial charge on any atom is -0.444 e. The summed E-state index contributed by atoms with van der Waals surface area (Å²) >= 11 is 0. The molecule has 1 aliphatic heterocycles. The van der Waals surface area contributed by atoms with Crippen LogP contribution in [0.3, 0.4) is 0 Å². The molecule has 24 heavy (non-hydrogen) atoms. The largest absolute Gasteiger partial charge is 0.444 e. The molecule has 1 heterocycles. The maximum absolute atomic E-state index is 12.3. The first-order chi connectivity index (χ1) is 11.1. The van der Waals surface area contributed by atoms with E-state index < -0.39 is 17.7 Å². The van der Waals surface area contributed by atoms with Crippen LogP contribution >= 0.6 is 0 Å². The number of morpholine rings is 1. The smallest absolute Gasteiger partial charge is 0.408 e. The van der Waals surface area contributed by atoms with E-state index in [0.717, 1.165) is 32.7 Å². The Labute approximate surface area is 145 Å². The highest BCUT2D eigenvalue weighted by atomic mass is 16.6. The number of ether oxygens (including phenoxy) is 2. The lowest BCUT2D eigenvalue weighted by Crippen LogP contribution is -2.58. The molecule has 0 aromatic rings. The number of alkyl carbamates (subject to hydrolysis) is 1. The number of carbonyl (C=O) groups excluding carboxylic acids is 2.